The normalized spacial score (nSPS) is 23.8. The van der Waals surface area contributed by atoms with Crippen molar-refractivity contribution in [3.05, 3.63) is 33.9 Å². The minimum Gasteiger partial charge on any atom is -0.477 e. The molecular formula is C16H17FN4O3. The number of carbonyl (C=O) groups is 1. The molecule has 2 aromatic heterocycles. The van der Waals surface area contributed by atoms with E-state index in [0.29, 0.717) is 25.2 Å². The molecule has 0 saturated carbocycles. The van der Waals surface area contributed by atoms with Crippen LogP contribution in [-0.2, 0) is 0 Å². The topological polar surface area (TPSA) is 89.5 Å². The van der Waals surface area contributed by atoms with Gasteiger partial charge in [-0.15, -0.1) is 0 Å². The molecule has 2 aromatic rings. The SMILES string of the molecule is CN1C2CCC1CN(c1nc3[nH]cc(C(=O)O)c(=O)c3cc1F)C2. The van der Waals surface area contributed by atoms with Gasteiger partial charge in [0.25, 0.3) is 0 Å². The number of carboxylic acid groups (broad SMARTS) is 1. The molecule has 0 spiro atoms. The van der Waals surface area contributed by atoms with Gasteiger partial charge in [-0.1, -0.05) is 0 Å². The lowest BCUT2D eigenvalue weighted by Gasteiger charge is -2.39. The third-order valence-corrected chi connectivity index (χ3v) is 5.18. The third-order valence-electron chi connectivity index (χ3n) is 5.18. The number of likely N-dealkylation sites (N-methyl/N-ethyl adjacent to an activating group) is 1. The summed E-state index contributed by atoms with van der Waals surface area (Å²) in [6.45, 7) is 1.39. The van der Waals surface area contributed by atoms with E-state index < -0.39 is 22.8 Å². The zero-order chi connectivity index (χ0) is 17.0. The van der Waals surface area contributed by atoms with E-state index in [1.165, 1.54) is 0 Å². The monoisotopic (exact) mass is 332 g/mol. The predicted molar refractivity (Wildman–Crippen MR) is 86.1 cm³/mol. The number of aromatic nitrogens is 2. The first-order valence-corrected chi connectivity index (χ1v) is 7.88. The number of nitrogens with zero attached hydrogens (tertiary/aromatic N) is 3. The van der Waals surface area contributed by atoms with Crippen LogP contribution in [0.5, 0.6) is 0 Å². The lowest BCUT2D eigenvalue weighted by molar-refractivity contribution is 0.0695. The van der Waals surface area contributed by atoms with Crippen LogP contribution in [-0.4, -0.2) is 58.2 Å². The van der Waals surface area contributed by atoms with Crippen LogP contribution < -0.4 is 10.3 Å². The molecule has 2 N–H and O–H groups in total. The first-order chi connectivity index (χ1) is 11.5. The van der Waals surface area contributed by atoms with E-state index in [4.69, 9.17) is 5.11 Å². The Bertz CT molecular complexity index is 883. The minimum absolute atomic E-state index is 0.0479. The highest BCUT2D eigenvalue weighted by Crippen LogP contribution is 2.32. The van der Waals surface area contributed by atoms with Crippen molar-refractivity contribution in [2.24, 2.45) is 0 Å². The van der Waals surface area contributed by atoms with E-state index in [1.807, 2.05) is 4.90 Å². The van der Waals surface area contributed by atoms with Gasteiger partial charge in [-0.05, 0) is 26.0 Å². The van der Waals surface area contributed by atoms with Crippen molar-refractivity contribution in [1.82, 2.24) is 14.9 Å². The fraction of sp³-hybridized carbons (Fsp3) is 0.438. The van der Waals surface area contributed by atoms with Gasteiger partial charge < -0.3 is 15.0 Å². The first kappa shape index (κ1) is 15.1. The molecule has 24 heavy (non-hydrogen) atoms. The van der Waals surface area contributed by atoms with E-state index in [2.05, 4.69) is 21.9 Å². The number of H-pyrrole nitrogens is 1. The molecule has 2 unspecified atom stereocenters. The van der Waals surface area contributed by atoms with Crippen molar-refractivity contribution in [2.45, 2.75) is 24.9 Å². The maximum absolute atomic E-state index is 14.6. The van der Waals surface area contributed by atoms with Crippen molar-refractivity contribution in [3.63, 3.8) is 0 Å². The molecule has 4 rings (SSSR count). The molecule has 2 aliphatic heterocycles. The van der Waals surface area contributed by atoms with E-state index in [1.54, 1.807) is 0 Å². The molecule has 4 heterocycles. The van der Waals surface area contributed by atoms with Crippen LogP contribution in [0.1, 0.15) is 23.2 Å². The van der Waals surface area contributed by atoms with Crippen LogP contribution in [0.25, 0.3) is 11.0 Å². The largest absolute Gasteiger partial charge is 0.477 e. The number of fused-ring (bicyclic) bond motifs is 3. The van der Waals surface area contributed by atoms with Crippen LogP contribution in [0.3, 0.4) is 0 Å². The number of hydrogen-bond donors (Lipinski definition) is 2. The minimum atomic E-state index is -1.35. The number of halogens is 1. The summed E-state index contributed by atoms with van der Waals surface area (Å²) in [5, 5.41) is 8.95. The molecule has 2 bridgehead atoms. The molecule has 2 atom stereocenters. The summed E-state index contributed by atoms with van der Waals surface area (Å²) in [5.74, 6) is -1.73. The number of aromatic carboxylic acids is 1. The fourth-order valence-corrected chi connectivity index (χ4v) is 3.78. The van der Waals surface area contributed by atoms with Crippen molar-refractivity contribution < 1.29 is 14.3 Å². The van der Waals surface area contributed by atoms with Gasteiger partial charge in [0, 0.05) is 31.4 Å². The van der Waals surface area contributed by atoms with E-state index in [9.17, 15) is 14.0 Å². The summed E-state index contributed by atoms with van der Waals surface area (Å²) >= 11 is 0. The highest BCUT2D eigenvalue weighted by atomic mass is 19.1. The number of anilines is 1. The van der Waals surface area contributed by atoms with Gasteiger partial charge in [0.2, 0.25) is 5.43 Å². The summed E-state index contributed by atoms with van der Waals surface area (Å²) in [4.78, 5) is 34.4. The molecule has 7 nitrogen and oxygen atoms in total. The Labute approximate surface area is 136 Å². The molecule has 0 aromatic carbocycles. The predicted octanol–water partition coefficient (Wildman–Crippen LogP) is 1.04. The molecule has 0 amide bonds. The number of carboxylic acids is 1. The van der Waals surface area contributed by atoms with Gasteiger partial charge in [0.1, 0.15) is 11.2 Å². The van der Waals surface area contributed by atoms with Crippen molar-refractivity contribution in [3.8, 4) is 0 Å². The zero-order valence-corrected chi connectivity index (χ0v) is 13.1. The second-order valence-corrected chi connectivity index (χ2v) is 6.48. The van der Waals surface area contributed by atoms with Gasteiger partial charge in [0.05, 0.1) is 5.39 Å². The number of nitrogens with one attached hydrogen (secondary N) is 1. The average molecular weight is 332 g/mol. The van der Waals surface area contributed by atoms with Crippen LogP contribution in [0.2, 0.25) is 0 Å². The number of aromatic amines is 1. The number of rotatable bonds is 2. The molecule has 2 saturated heterocycles. The smallest absolute Gasteiger partial charge is 0.341 e. The van der Waals surface area contributed by atoms with Crippen LogP contribution in [0.4, 0.5) is 10.2 Å². The number of pyridine rings is 2. The maximum atomic E-state index is 14.6. The second kappa shape index (κ2) is 5.27. The van der Waals surface area contributed by atoms with Crippen molar-refractivity contribution in [2.75, 3.05) is 25.0 Å². The van der Waals surface area contributed by atoms with Gasteiger partial charge in [-0.2, -0.15) is 0 Å². The van der Waals surface area contributed by atoms with Crippen LogP contribution >= 0.6 is 0 Å². The van der Waals surface area contributed by atoms with Crippen molar-refractivity contribution in [1.29, 1.82) is 0 Å². The van der Waals surface area contributed by atoms with Crippen LogP contribution in [0.15, 0.2) is 17.1 Å². The Morgan fingerprint density at radius 2 is 2.04 bits per heavy atom. The Morgan fingerprint density at radius 1 is 1.38 bits per heavy atom. The molecule has 0 aliphatic carbocycles. The van der Waals surface area contributed by atoms with Crippen LogP contribution in [0, 0.1) is 5.82 Å². The highest BCUT2D eigenvalue weighted by molar-refractivity contribution is 5.91. The third kappa shape index (κ3) is 2.17. The molecule has 2 fully saturated rings. The second-order valence-electron chi connectivity index (χ2n) is 6.48. The van der Waals surface area contributed by atoms with Gasteiger partial charge >= 0.3 is 5.97 Å². The molecule has 126 valence electrons. The maximum Gasteiger partial charge on any atom is 0.341 e. The summed E-state index contributed by atoms with van der Waals surface area (Å²) < 4.78 is 14.6. The fourth-order valence-electron chi connectivity index (χ4n) is 3.78. The Balaban J connectivity index is 1.78. The standard InChI is InChI=1S/C16H17FN4O3/c1-20-8-2-3-9(20)7-21(6-8)15-12(17)4-10-13(22)11(16(23)24)5-18-14(10)19-15/h4-5,8-9H,2-3,6-7H2,1H3,(H,23,24)(H,18,19,22). The van der Waals surface area contributed by atoms with Gasteiger partial charge in [-0.3, -0.25) is 9.69 Å². The molecule has 2 aliphatic rings. The van der Waals surface area contributed by atoms with E-state index in [0.717, 1.165) is 25.1 Å². The lowest BCUT2D eigenvalue weighted by atomic mass is 10.1. The molecule has 0 radical (unpaired) electrons. The van der Waals surface area contributed by atoms with Gasteiger partial charge in [-0.25, -0.2) is 14.2 Å². The summed E-state index contributed by atoms with van der Waals surface area (Å²) in [6, 6.07) is 1.85. The Kier molecular flexibility index (Phi) is 3.31. The number of hydrogen-bond acceptors (Lipinski definition) is 5. The highest BCUT2D eigenvalue weighted by Gasteiger charge is 2.38. The van der Waals surface area contributed by atoms with E-state index >= 15 is 0 Å². The Hall–Kier alpha value is -2.48. The average Bonchev–Trinajstić information content (AvgIpc) is 2.76. The molecular weight excluding hydrogens is 315 g/mol. The van der Waals surface area contributed by atoms with E-state index in [-0.39, 0.29) is 16.9 Å². The summed E-state index contributed by atoms with van der Waals surface area (Å²) in [6.07, 6.45) is 3.28. The first-order valence-electron chi connectivity index (χ1n) is 7.88. The lowest BCUT2D eigenvalue weighted by Crippen LogP contribution is -2.52. The quantitative estimate of drug-likeness (QED) is 0.854. The Morgan fingerprint density at radius 3 is 2.67 bits per heavy atom. The van der Waals surface area contributed by atoms with Gasteiger partial charge in [0.15, 0.2) is 11.6 Å². The zero-order valence-electron chi connectivity index (χ0n) is 13.1. The van der Waals surface area contributed by atoms with Crippen molar-refractivity contribution >= 4 is 22.8 Å². The summed E-state index contributed by atoms with van der Waals surface area (Å²) in [5.41, 5.74) is -0.950. The summed E-state index contributed by atoms with van der Waals surface area (Å²) in [7, 11) is 2.09. The molecule has 8 heteroatoms. The number of piperazine rings is 1.